The van der Waals surface area contributed by atoms with Gasteiger partial charge in [0.2, 0.25) is 0 Å². The lowest BCUT2D eigenvalue weighted by molar-refractivity contribution is -0.144. The normalized spacial score (nSPS) is 13.0. The first-order valence-corrected chi connectivity index (χ1v) is 15.8. The van der Waals surface area contributed by atoms with Gasteiger partial charge in [0.1, 0.15) is 5.41 Å². The Kier molecular flexibility index (Phi) is 6.84. The first-order valence-electron chi connectivity index (χ1n) is 15.8. The summed E-state index contributed by atoms with van der Waals surface area (Å²) in [5.74, 6) is -1.39. The van der Waals surface area contributed by atoms with Crippen molar-refractivity contribution in [1.82, 2.24) is 0 Å². The Morgan fingerprint density at radius 2 is 0.870 bits per heavy atom. The van der Waals surface area contributed by atoms with Crippen LogP contribution in [-0.4, -0.2) is 11.1 Å². The fourth-order valence-electron chi connectivity index (χ4n) is 7.69. The van der Waals surface area contributed by atoms with E-state index in [1.807, 2.05) is 48.5 Å². The van der Waals surface area contributed by atoms with Crippen LogP contribution in [0.2, 0.25) is 0 Å². The Morgan fingerprint density at radius 1 is 0.478 bits per heavy atom. The first kappa shape index (κ1) is 27.8. The summed E-state index contributed by atoms with van der Waals surface area (Å²) in [6, 6.07) is 58.3. The number of hydrogen-bond acceptors (Lipinski definition) is 1. The number of rotatable bonds is 7. The van der Waals surface area contributed by atoms with Gasteiger partial charge in [-0.3, -0.25) is 4.79 Å². The lowest BCUT2D eigenvalue weighted by atomic mass is 9.60. The van der Waals surface area contributed by atoms with Gasteiger partial charge in [0.25, 0.3) is 0 Å². The van der Waals surface area contributed by atoms with E-state index in [2.05, 4.69) is 121 Å². The van der Waals surface area contributed by atoms with Crippen molar-refractivity contribution in [2.75, 3.05) is 0 Å². The number of carboxylic acid groups (broad SMARTS) is 1. The summed E-state index contributed by atoms with van der Waals surface area (Å²) >= 11 is 0. The minimum atomic E-state index is -1.35. The van der Waals surface area contributed by atoms with Crippen molar-refractivity contribution in [2.45, 2.75) is 17.8 Å². The fraction of sp³-hybridized carbons (Fsp3) is 0.0682. The molecule has 8 rings (SSSR count). The van der Waals surface area contributed by atoms with Crippen LogP contribution in [0.3, 0.4) is 0 Å². The smallest absolute Gasteiger partial charge is 0.315 e. The van der Waals surface area contributed by atoms with E-state index in [1.54, 1.807) is 0 Å². The Hall–Kier alpha value is -5.73. The molecule has 0 amide bonds. The van der Waals surface area contributed by atoms with Crippen molar-refractivity contribution < 1.29 is 9.90 Å². The van der Waals surface area contributed by atoms with Gasteiger partial charge in [-0.15, -0.1) is 0 Å². The monoisotopic (exact) mass is 592 g/mol. The molecule has 2 heteroatoms. The highest BCUT2D eigenvalue weighted by Crippen LogP contribution is 2.51. The second-order valence-electron chi connectivity index (χ2n) is 12.2. The van der Waals surface area contributed by atoms with E-state index in [4.69, 9.17) is 0 Å². The van der Waals surface area contributed by atoms with Gasteiger partial charge in [-0.2, -0.15) is 0 Å². The minimum Gasteiger partial charge on any atom is -0.481 e. The molecule has 0 radical (unpaired) electrons. The van der Waals surface area contributed by atoms with Gasteiger partial charge in [-0.25, -0.2) is 0 Å². The maximum atomic E-state index is 14.4. The molecule has 0 saturated heterocycles. The molecule has 0 bridgehead atoms. The summed E-state index contributed by atoms with van der Waals surface area (Å²) in [7, 11) is 0. The van der Waals surface area contributed by atoms with Gasteiger partial charge in [-0.05, 0) is 83.9 Å². The third-order valence-corrected chi connectivity index (χ3v) is 9.71. The van der Waals surface area contributed by atoms with Crippen LogP contribution >= 0.6 is 0 Å². The largest absolute Gasteiger partial charge is 0.481 e. The highest BCUT2D eigenvalue weighted by atomic mass is 16.4. The zero-order valence-corrected chi connectivity index (χ0v) is 25.3. The molecule has 46 heavy (non-hydrogen) atoms. The number of carboxylic acids is 1. The van der Waals surface area contributed by atoms with Crippen molar-refractivity contribution in [1.29, 1.82) is 0 Å². The van der Waals surface area contributed by atoms with Gasteiger partial charge in [-0.1, -0.05) is 158 Å². The molecule has 8 aromatic carbocycles. The molecule has 0 heterocycles. The third-order valence-electron chi connectivity index (χ3n) is 9.71. The Morgan fingerprint density at radius 3 is 1.35 bits per heavy atom. The molecule has 220 valence electrons. The SMILES string of the molecule is O=C(O)[C@](Cc1ccccc1)(c1ccccc1)C(c1cc2ccccc2c2ccccc12)c1cc2ccccc2c2ccccc12. The molecule has 0 fully saturated rings. The average molecular weight is 593 g/mol. The molecule has 0 unspecified atom stereocenters. The quantitative estimate of drug-likeness (QED) is 0.187. The molecule has 8 aromatic rings. The predicted octanol–water partition coefficient (Wildman–Crippen LogP) is 10.7. The summed E-state index contributed by atoms with van der Waals surface area (Å²) in [6.45, 7) is 0. The molecular formula is C44H32O2. The van der Waals surface area contributed by atoms with Crippen LogP contribution in [0.5, 0.6) is 0 Å². The van der Waals surface area contributed by atoms with Crippen molar-refractivity contribution >= 4 is 49.1 Å². The highest BCUT2D eigenvalue weighted by Gasteiger charge is 2.50. The standard InChI is InChI=1S/C44H32O2/c45-43(46)44(33-19-5-2-6-20-33,29-30-15-3-1-4-16-30)42(40-27-31-17-7-9-21-34(31)36-23-11-13-25-38(36)40)41-28-32-18-8-10-22-35(32)37-24-12-14-26-39(37)41/h1-28,42H,29H2,(H,45,46)/t44-/m1/s1. The van der Waals surface area contributed by atoms with Crippen molar-refractivity contribution in [3.63, 3.8) is 0 Å². The van der Waals surface area contributed by atoms with E-state index < -0.39 is 17.3 Å². The molecular weight excluding hydrogens is 560 g/mol. The maximum Gasteiger partial charge on any atom is 0.315 e. The van der Waals surface area contributed by atoms with Gasteiger partial charge >= 0.3 is 5.97 Å². The summed E-state index contributed by atoms with van der Waals surface area (Å²) in [4.78, 5) is 14.4. The van der Waals surface area contributed by atoms with Crippen LogP contribution < -0.4 is 0 Å². The lowest BCUT2D eigenvalue weighted by Gasteiger charge is -2.40. The molecule has 0 spiro atoms. The molecule has 1 N–H and O–H groups in total. The zero-order chi connectivity index (χ0) is 31.1. The predicted molar refractivity (Wildman–Crippen MR) is 191 cm³/mol. The van der Waals surface area contributed by atoms with E-state index in [-0.39, 0.29) is 0 Å². The summed E-state index contributed by atoms with van der Waals surface area (Å²) < 4.78 is 0. The van der Waals surface area contributed by atoms with Gasteiger partial charge in [0.05, 0.1) is 0 Å². The van der Waals surface area contributed by atoms with E-state index in [9.17, 15) is 9.90 Å². The first-order chi connectivity index (χ1) is 22.6. The van der Waals surface area contributed by atoms with E-state index in [0.29, 0.717) is 6.42 Å². The molecule has 2 nitrogen and oxygen atoms in total. The average Bonchev–Trinajstić information content (AvgIpc) is 3.12. The van der Waals surface area contributed by atoms with E-state index in [0.717, 1.165) is 65.3 Å². The maximum absolute atomic E-state index is 14.4. The van der Waals surface area contributed by atoms with Crippen LogP contribution in [-0.2, 0) is 16.6 Å². The minimum absolute atomic E-state index is 0.320. The molecule has 1 atom stereocenters. The van der Waals surface area contributed by atoms with Gasteiger partial charge in [0.15, 0.2) is 0 Å². The number of fused-ring (bicyclic) bond motifs is 6. The summed E-state index contributed by atoms with van der Waals surface area (Å²) in [6.07, 6.45) is 0.320. The van der Waals surface area contributed by atoms with Crippen molar-refractivity contribution in [2.24, 2.45) is 0 Å². The second kappa shape index (κ2) is 11.3. The highest BCUT2D eigenvalue weighted by molar-refractivity contribution is 6.12. The zero-order valence-electron chi connectivity index (χ0n) is 25.3. The van der Waals surface area contributed by atoms with Crippen LogP contribution in [0.25, 0.3) is 43.1 Å². The van der Waals surface area contributed by atoms with Crippen LogP contribution in [0.15, 0.2) is 170 Å². The molecule has 0 aliphatic rings. The molecule has 0 saturated carbocycles. The summed E-state index contributed by atoms with van der Waals surface area (Å²) in [5.41, 5.74) is 2.44. The van der Waals surface area contributed by atoms with E-state index >= 15 is 0 Å². The Balaban J connectivity index is 1.59. The number of carbonyl (C=O) groups is 1. The van der Waals surface area contributed by atoms with Crippen LogP contribution in [0.4, 0.5) is 0 Å². The second-order valence-corrected chi connectivity index (χ2v) is 12.2. The third kappa shape index (κ3) is 4.45. The number of hydrogen-bond donors (Lipinski definition) is 1. The lowest BCUT2D eigenvalue weighted by Crippen LogP contribution is -2.44. The topological polar surface area (TPSA) is 37.3 Å². The van der Waals surface area contributed by atoms with Crippen LogP contribution in [0.1, 0.15) is 28.2 Å². The van der Waals surface area contributed by atoms with Crippen LogP contribution in [0, 0.1) is 0 Å². The molecule has 0 aliphatic heterocycles. The number of aliphatic carboxylic acids is 1. The van der Waals surface area contributed by atoms with Crippen molar-refractivity contribution in [3.8, 4) is 0 Å². The molecule has 0 aliphatic carbocycles. The molecule has 0 aromatic heterocycles. The fourth-order valence-corrected chi connectivity index (χ4v) is 7.69. The Labute approximate surface area is 268 Å². The summed E-state index contributed by atoms with van der Waals surface area (Å²) in [5, 5.41) is 20.7. The van der Waals surface area contributed by atoms with Gasteiger partial charge in [0, 0.05) is 5.92 Å². The Bertz CT molecular complexity index is 2260. The van der Waals surface area contributed by atoms with Gasteiger partial charge < -0.3 is 5.11 Å². The van der Waals surface area contributed by atoms with Crippen molar-refractivity contribution in [3.05, 3.63) is 192 Å². The van der Waals surface area contributed by atoms with E-state index in [1.165, 1.54) is 0 Å². The number of benzene rings is 8.